The number of nitrogens with one attached hydrogen (secondary N) is 1. The molecule has 2 rings (SSSR count). The number of amides is 1. The largest absolute Gasteiger partial charge is 0.495 e. The average Bonchev–Trinajstić information content (AvgIpc) is 2.45. The number of anilines is 1. The molecule has 5 heteroatoms. The van der Waals surface area contributed by atoms with Crippen molar-refractivity contribution in [2.24, 2.45) is 5.92 Å². The van der Waals surface area contributed by atoms with Crippen molar-refractivity contribution in [1.82, 2.24) is 10.2 Å². The summed E-state index contributed by atoms with van der Waals surface area (Å²) in [5.74, 6) is 0.925. The van der Waals surface area contributed by atoms with Gasteiger partial charge in [0.05, 0.1) is 18.4 Å². The first kappa shape index (κ1) is 14.7. The van der Waals surface area contributed by atoms with Crippen molar-refractivity contribution in [2.75, 3.05) is 39.5 Å². The number of nitrogen functional groups attached to an aromatic ring is 1. The molecular formula is C15H23N3O2. The normalized spacial score (nSPS) is 19.6. The van der Waals surface area contributed by atoms with E-state index < -0.39 is 0 Å². The molecule has 1 saturated heterocycles. The van der Waals surface area contributed by atoms with Gasteiger partial charge in [-0.05, 0) is 44.5 Å². The van der Waals surface area contributed by atoms with Crippen molar-refractivity contribution in [3.05, 3.63) is 23.8 Å². The van der Waals surface area contributed by atoms with Gasteiger partial charge in [0.15, 0.2) is 0 Å². The minimum Gasteiger partial charge on any atom is -0.495 e. The van der Waals surface area contributed by atoms with E-state index in [-0.39, 0.29) is 5.91 Å². The summed E-state index contributed by atoms with van der Waals surface area (Å²) >= 11 is 0. The summed E-state index contributed by atoms with van der Waals surface area (Å²) in [5.41, 5.74) is 6.81. The Morgan fingerprint density at radius 2 is 2.35 bits per heavy atom. The average molecular weight is 277 g/mol. The van der Waals surface area contributed by atoms with Crippen LogP contribution in [0.3, 0.4) is 0 Å². The lowest BCUT2D eigenvalue weighted by Crippen LogP contribution is -2.39. The van der Waals surface area contributed by atoms with E-state index in [0.29, 0.717) is 29.5 Å². The number of carbonyl (C=O) groups is 1. The molecule has 0 spiro atoms. The highest BCUT2D eigenvalue weighted by molar-refractivity contribution is 6.00. The van der Waals surface area contributed by atoms with Crippen LogP contribution in [0, 0.1) is 5.92 Å². The summed E-state index contributed by atoms with van der Waals surface area (Å²) in [7, 11) is 3.67. The predicted octanol–water partition coefficient (Wildman–Crippen LogP) is 1.35. The molecule has 3 N–H and O–H groups in total. The number of rotatable bonds is 4. The minimum absolute atomic E-state index is 0.130. The van der Waals surface area contributed by atoms with Crippen LogP contribution in [0.25, 0.3) is 0 Å². The Kier molecular flexibility index (Phi) is 4.84. The van der Waals surface area contributed by atoms with Crippen LogP contribution in [0.15, 0.2) is 18.2 Å². The molecule has 1 fully saturated rings. The Hall–Kier alpha value is -1.75. The molecule has 5 nitrogen and oxygen atoms in total. The van der Waals surface area contributed by atoms with Crippen LogP contribution in [0.4, 0.5) is 5.69 Å². The molecule has 0 aromatic heterocycles. The second-order valence-corrected chi connectivity index (χ2v) is 5.40. The highest BCUT2D eigenvalue weighted by atomic mass is 16.5. The molecule has 1 aliphatic heterocycles. The van der Waals surface area contributed by atoms with Gasteiger partial charge in [-0.2, -0.15) is 0 Å². The van der Waals surface area contributed by atoms with Crippen molar-refractivity contribution in [1.29, 1.82) is 0 Å². The smallest absolute Gasteiger partial charge is 0.253 e. The molecule has 1 amide bonds. The molecule has 20 heavy (non-hydrogen) atoms. The number of carbonyl (C=O) groups excluding carboxylic acids is 1. The van der Waals surface area contributed by atoms with Crippen LogP contribution in [-0.2, 0) is 0 Å². The van der Waals surface area contributed by atoms with E-state index in [9.17, 15) is 4.79 Å². The fourth-order valence-electron chi connectivity index (χ4n) is 2.69. The van der Waals surface area contributed by atoms with Gasteiger partial charge in [0.2, 0.25) is 0 Å². The maximum atomic E-state index is 12.2. The van der Waals surface area contributed by atoms with Crippen molar-refractivity contribution in [3.8, 4) is 5.75 Å². The van der Waals surface area contributed by atoms with Gasteiger partial charge in [-0.1, -0.05) is 6.07 Å². The van der Waals surface area contributed by atoms with Crippen LogP contribution >= 0.6 is 0 Å². The van der Waals surface area contributed by atoms with Gasteiger partial charge < -0.3 is 20.7 Å². The second kappa shape index (κ2) is 6.61. The van der Waals surface area contributed by atoms with Crippen LogP contribution < -0.4 is 15.8 Å². The van der Waals surface area contributed by atoms with Crippen LogP contribution in [-0.4, -0.2) is 44.6 Å². The second-order valence-electron chi connectivity index (χ2n) is 5.40. The fourth-order valence-corrected chi connectivity index (χ4v) is 2.69. The number of ether oxygens (including phenoxy) is 1. The van der Waals surface area contributed by atoms with Gasteiger partial charge in [-0.3, -0.25) is 4.79 Å². The highest BCUT2D eigenvalue weighted by Gasteiger charge is 2.19. The molecule has 1 unspecified atom stereocenters. The van der Waals surface area contributed by atoms with Crippen molar-refractivity contribution >= 4 is 11.6 Å². The first-order valence-corrected chi connectivity index (χ1v) is 7.01. The number of piperidine rings is 1. The maximum absolute atomic E-state index is 12.2. The van der Waals surface area contributed by atoms with Gasteiger partial charge in [-0.15, -0.1) is 0 Å². The molecule has 1 heterocycles. The number of methoxy groups -OCH3 is 1. The van der Waals surface area contributed by atoms with Gasteiger partial charge >= 0.3 is 0 Å². The summed E-state index contributed by atoms with van der Waals surface area (Å²) in [5, 5.41) is 2.98. The van der Waals surface area contributed by atoms with Gasteiger partial charge in [0, 0.05) is 13.1 Å². The van der Waals surface area contributed by atoms with E-state index in [1.165, 1.54) is 6.42 Å². The van der Waals surface area contributed by atoms with E-state index in [0.717, 1.165) is 19.5 Å². The minimum atomic E-state index is -0.130. The number of benzene rings is 1. The first-order chi connectivity index (χ1) is 9.61. The monoisotopic (exact) mass is 277 g/mol. The standard InChI is InChI=1S/C15H23N3O2/c1-18-8-4-5-11(10-18)9-17-15(19)12-6-3-7-13(20-2)14(12)16/h3,6-7,11H,4-5,8-10,16H2,1-2H3,(H,17,19). The molecule has 0 bridgehead atoms. The third-order valence-corrected chi connectivity index (χ3v) is 3.80. The molecule has 1 aromatic rings. The molecule has 0 aliphatic carbocycles. The van der Waals surface area contributed by atoms with E-state index >= 15 is 0 Å². The van der Waals surface area contributed by atoms with E-state index in [2.05, 4.69) is 17.3 Å². The van der Waals surface area contributed by atoms with E-state index in [4.69, 9.17) is 10.5 Å². The highest BCUT2D eigenvalue weighted by Crippen LogP contribution is 2.24. The summed E-state index contributed by atoms with van der Waals surface area (Å²) in [6, 6.07) is 5.25. The van der Waals surface area contributed by atoms with Crippen molar-refractivity contribution in [2.45, 2.75) is 12.8 Å². The Morgan fingerprint density at radius 1 is 1.55 bits per heavy atom. The zero-order valence-corrected chi connectivity index (χ0v) is 12.2. The number of hydrogen-bond acceptors (Lipinski definition) is 4. The molecule has 1 aliphatic rings. The van der Waals surface area contributed by atoms with Crippen LogP contribution in [0.1, 0.15) is 23.2 Å². The van der Waals surface area contributed by atoms with Crippen LogP contribution in [0.5, 0.6) is 5.75 Å². The predicted molar refractivity (Wildman–Crippen MR) is 80.0 cm³/mol. The zero-order chi connectivity index (χ0) is 14.5. The zero-order valence-electron chi connectivity index (χ0n) is 12.2. The SMILES string of the molecule is COc1cccc(C(=O)NCC2CCCN(C)C2)c1N. The molecule has 0 radical (unpaired) electrons. The fraction of sp³-hybridized carbons (Fsp3) is 0.533. The maximum Gasteiger partial charge on any atom is 0.253 e. The number of para-hydroxylation sites is 1. The summed E-state index contributed by atoms with van der Waals surface area (Å²) < 4.78 is 5.13. The summed E-state index contributed by atoms with van der Waals surface area (Å²) in [4.78, 5) is 14.5. The van der Waals surface area contributed by atoms with E-state index in [1.54, 1.807) is 25.3 Å². The molecule has 110 valence electrons. The summed E-state index contributed by atoms with van der Waals surface area (Å²) in [6.45, 7) is 2.88. The molecule has 0 saturated carbocycles. The lowest BCUT2D eigenvalue weighted by molar-refractivity contribution is 0.0937. The van der Waals surface area contributed by atoms with Gasteiger partial charge in [0.25, 0.3) is 5.91 Å². The number of hydrogen-bond donors (Lipinski definition) is 2. The number of nitrogens with two attached hydrogens (primary N) is 1. The number of nitrogens with zero attached hydrogens (tertiary/aromatic N) is 1. The lowest BCUT2D eigenvalue weighted by atomic mass is 9.98. The van der Waals surface area contributed by atoms with Crippen LogP contribution in [0.2, 0.25) is 0 Å². The van der Waals surface area contributed by atoms with Gasteiger partial charge in [-0.25, -0.2) is 0 Å². The Balaban J connectivity index is 1.95. The third-order valence-electron chi connectivity index (χ3n) is 3.80. The number of likely N-dealkylation sites (tertiary alicyclic amines) is 1. The Bertz CT molecular complexity index is 476. The molecular weight excluding hydrogens is 254 g/mol. The van der Waals surface area contributed by atoms with Crippen molar-refractivity contribution in [3.63, 3.8) is 0 Å². The Morgan fingerprint density at radius 3 is 3.05 bits per heavy atom. The quantitative estimate of drug-likeness (QED) is 0.815. The summed E-state index contributed by atoms with van der Waals surface area (Å²) in [6.07, 6.45) is 2.36. The van der Waals surface area contributed by atoms with Crippen molar-refractivity contribution < 1.29 is 9.53 Å². The molecule has 1 atom stereocenters. The van der Waals surface area contributed by atoms with E-state index in [1.807, 2.05) is 0 Å². The first-order valence-electron chi connectivity index (χ1n) is 7.01. The van der Waals surface area contributed by atoms with Gasteiger partial charge in [0.1, 0.15) is 5.75 Å². The lowest BCUT2D eigenvalue weighted by Gasteiger charge is -2.29. The Labute approximate surface area is 120 Å². The third kappa shape index (κ3) is 3.42. The topological polar surface area (TPSA) is 67.6 Å². The molecule has 1 aromatic carbocycles.